The van der Waals surface area contributed by atoms with E-state index in [0.29, 0.717) is 12.2 Å². The van der Waals surface area contributed by atoms with Crippen LogP contribution in [-0.2, 0) is 14.4 Å². The smallest absolute Gasteiger partial charge is 0.328 e. The number of carboxylic acid groups (broad SMARTS) is 3. The first kappa shape index (κ1) is 14.6. The Balaban J connectivity index is 0. The average molecular weight is 205 g/mol. The molecule has 7 heteroatoms. The number of rotatable bonds is 3. The Morgan fingerprint density at radius 2 is 1.29 bits per heavy atom. The molecule has 0 aliphatic rings. The topological polar surface area (TPSA) is 138 Å². The number of nitrogens with two attached hydrogens (primary N) is 1. The summed E-state index contributed by atoms with van der Waals surface area (Å²) in [6, 6.07) is -0.731. The Hall–Kier alpha value is -1.89. The average Bonchev–Trinajstić information content (AvgIpc) is 2.01. The molecular formula is C7H11NO6. The van der Waals surface area contributed by atoms with Gasteiger partial charge in [0.1, 0.15) is 6.04 Å². The Morgan fingerprint density at radius 3 is 1.36 bits per heavy atom. The summed E-state index contributed by atoms with van der Waals surface area (Å²) < 4.78 is 0. The van der Waals surface area contributed by atoms with Crippen LogP contribution in [0.4, 0.5) is 0 Å². The lowest BCUT2D eigenvalue weighted by atomic mass is 10.4. The van der Waals surface area contributed by atoms with Gasteiger partial charge in [-0.1, -0.05) is 0 Å². The van der Waals surface area contributed by atoms with Crippen LogP contribution in [0.3, 0.4) is 0 Å². The van der Waals surface area contributed by atoms with Gasteiger partial charge in [0.2, 0.25) is 0 Å². The SMILES string of the molecule is C[C@H](N)C(=O)O.O=C(O)/C=C\C(=O)O. The Morgan fingerprint density at radius 1 is 1.07 bits per heavy atom. The minimum atomic E-state index is -1.26. The van der Waals surface area contributed by atoms with E-state index in [0.717, 1.165) is 0 Å². The van der Waals surface area contributed by atoms with Crippen LogP contribution in [0.25, 0.3) is 0 Å². The molecule has 0 heterocycles. The highest BCUT2D eigenvalue weighted by Gasteiger charge is 1.99. The molecule has 0 amide bonds. The normalized spacial score (nSPS) is 11.3. The molecule has 0 aromatic carbocycles. The summed E-state index contributed by atoms with van der Waals surface area (Å²) in [7, 11) is 0. The van der Waals surface area contributed by atoms with Crippen LogP contribution in [0.1, 0.15) is 6.92 Å². The van der Waals surface area contributed by atoms with Gasteiger partial charge in [-0.05, 0) is 6.92 Å². The fraction of sp³-hybridized carbons (Fsp3) is 0.286. The zero-order valence-corrected chi connectivity index (χ0v) is 7.38. The summed E-state index contributed by atoms with van der Waals surface area (Å²) in [6.07, 6.45) is 1.12. The molecule has 14 heavy (non-hydrogen) atoms. The van der Waals surface area contributed by atoms with Crippen molar-refractivity contribution in [1.29, 1.82) is 0 Å². The highest BCUT2D eigenvalue weighted by atomic mass is 16.4. The van der Waals surface area contributed by atoms with Crippen LogP contribution in [0.5, 0.6) is 0 Å². The van der Waals surface area contributed by atoms with Gasteiger partial charge in [-0.25, -0.2) is 9.59 Å². The van der Waals surface area contributed by atoms with Gasteiger partial charge >= 0.3 is 17.9 Å². The molecule has 0 saturated carbocycles. The number of carbonyl (C=O) groups is 3. The van der Waals surface area contributed by atoms with Gasteiger partial charge in [0.15, 0.2) is 0 Å². The molecule has 0 spiro atoms. The van der Waals surface area contributed by atoms with Crippen molar-refractivity contribution in [2.24, 2.45) is 5.73 Å². The first-order valence-corrected chi connectivity index (χ1v) is 3.39. The lowest BCUT2D eigenvalue weighted by Crippen LogP contribution is -2.25. The molecule has 7 nitrogen and oxygen atoms in total. The summed E-state index contributed by atoms with van der Waals surface area (Å²) in [5.41, 5.74) is 4.84. The van der Waals surface area contributed by atoms with E-state index in [1.54, 1.807) is 0 Å². The summed E-state index contributed by atoms with van der Waals surface area (Å²) >= 11 is 0. The number of hydrogen-bond donors (Lipinski definition) is 4. The van der Waals surface area contributed by atoms with Gasteiger partial charge < -0.3 is 21.1 Å². The van der Waals surface area contributed by atoms with Crippen LogP contribution in [0.2, 0.25) is 0 Å². The quantitative estimate of drug-likeness (QED) is 0.439. The fourth-order valence-corrected chi connectivity index (χ4v) is 0.143. The number of carboxylic acids is 3. The molecule has 0 saturated heterocycles. The molecular weight excluding hydrogens is 194 g/mol. The second kappa shape index (κ2) is 7.74. The summed E-state index contributed by atoms with van der Waals surface area (Å²) in [6.45, 7) is 1.42. The zero-order valence-electron chi connectivity index (χ0n) is 7.38. The van der Waals surface area contributed by atoms with Crippen molar-refractivity contribution in [3.05, 3.63) is 12.2 Å². The molecule has 0 aromatic heterocycles. The van der Waals surface area contributed by atoms with Crippen molar-refractivity contribution in [2.75, 3.05) is 0 Å². The van der Waals surface area contributed by atoms with Crippen LogP contribution in [0.15, 0.2) is 12.2 Å². The molecule has 0 aliphatic carbocycles. The first-order chi connectivity index (χ1) is 6.27. The van der Waals surface area contributed by atoms with Crippen molar-refractivity contribution in [1.82, 2.24) is 0 Å². The van der Waals surface area contributed by atoms with Gasteiger partial charge in [0, 0.05) is 12.2 Å². The summed E-state index contributed by atoms with van der Waals surface area (Å²) in [5, 5.41) is 23.5. The highest BCUT2D eigenvalue weighted by molar-refractivity contribution is 5.89. The van der Waals surface area contributed by atoms with Crippen molar-refractivity contribution in [2.45, 2.75) is 13.0 Å². The molecule has 0 aliphatic heterocycles. The van der Waals surface area contributed by atoms with Gasteiger partial charge in [-0.3, -0.25) is 4.79 Å². The largest absolute Gasteiger partial charge is 0.480 e. The van der Waals surface area contributed by atoms with Crippen molar-refractivity contribution >= 4 is 17.9 Å². The van der Waals surface area contributed by atoms with E-state index >= 15 is 0 Å². The predicted octanol–water partition coefficient (Wildman–Crippen LogP) is -0.870. The molecule has 5 N–H and O–H groups in total. The van der Waals surface area contributed by atoms with E-state index < -0.39 is 23.9 Å². The lowest BCUT2D eigenvalue weighted by molar-refractivity contribution is -0.138. The van der Waals surface area contributed by atoms with Crippen LogP contribution in [-0.4, -0.2) is 39.3 Å². The third kappa shape index (κ3) is 16.6. The summed E-state index contributed by atoms with van der Waals surface area (Å²) in [5.74, 6) is -3.48. The predicted molar refractivity (Wildman–Crippen MR) is 45.7 cm³/mol. The van der Waals surface area contributed by atoms with Crippen LogP contribution < -0.4 is 5.73 Å². The standard InChI is InChI=1S/C4H4O4.C3H7NO2/c5-3(6)1-2-4(7)8;1-2(4)3(5)6/h1-2H,(H,5,6)(H,7,8);2H,4H2,1H3,(H,5,6)/b2-1-;/t;2-/m.0/s1. The second-order valence-electron chi connectivity index (χ2n) is 2.14. The minimum Gasteiger partial charge on any atom is -0.480 e. The maximum atomic E-state index is 9.57. The first-order valence-electron chi connectivity index (χ1n) is 3.39. The Labute approximate surface area is 79.5 Å². The molecule has 0 rings (SSSR count). The van der Waals surface area contributed by atoms with Crippen molar-refractivity contribution < 1.29 is 29.7 Å². The highest BCUT2D eigenvalue weighted by Crippen LogP contribution is 1.70. The minimum absolute atomic E-state index is 0.558. The van der Waals surface area contributed by atoms with Gasteiger partial charge in [0.05, 0.1) is 0 Å². The van der Waals surface area contributed by atoms with Crippen molar-refractivity contribution in [3.8, 4) is 0 Å². The maximum Gasteiger partial charge on any atom is 0.328 e. The van der Waals surface area contributed by atoms with E-state index in [1.165, 1.54) is 6.92 Å². The van der Waals surface area contributed by atoms with E-state index in [2.05, 4.69) is 0 Å². The Bertz CT molecular complexity index is 229. The third-order valence-corrected chi connectivity index (χ3v) is 0.758. The molecule has 1 atom stereocenters. The zero-order chi connectivity index (χ0) is 11.7. The monoisotopic (exact) mass is 205 g/mol. The molecule has 0 unspecified atom stereocenters. The van der Waals surface area contributed by atoms with Crippen molar-refractivity contribution in [3.63, 3.8) is 0 Å². The van der Waals surface area contributed by atoms with E-state index in [1.807, 2.05) is 0 Å². The van der Waals surface area contributed by atoms with Gasteiger partial charge in [0.25, 0.3) is 0 Å². The van der Waals surface area contributed by atoms with Gasteiger partial charge in [-0.2, -0.15) is 0 Å². The van der Waals surface area contributed by atoms with E-state index in [4.69, 9.17) is 21.1 Å². The molecule has 0 radical (unpaired) electrons. The fourth-order valence-electron chi connectivity index (χ4n) is 0.143. The molecule has 0 aromatic rings. The lowest BCUT2D eigenvalue weighted by Gasteiger charge is -1.90. The summed E-state index contributed by atoms with van der Waals surface area (Å²) in [4.78, 5) is 28.7. The molecule has 0 bridgehead atoms. The Kier molecular flexibility index (Phi) is 8.09. The van der Waals surface area contributed by atoms with Crippen LogP contribution >= 0.6 is 0 Å². The number of hydrogen-bond acceptors (Lipinski definition) is 4. The van der Waals surface area contributed by atoms with Crippen LogP contribution in [0, 0.1) is 0 Å². The molecule has 80 valence electrons. The third-order valence-electron chi connectivity index (χ3n) is 0.758. The maximum absolute atomic E-state index is 9.57. The number of aliphatic carboxylic acids is 3. The van der Waals surface area contributed by atoms with Gasteiger partial charge in [-0.15, -0.1) is 0 Å². The van der Waals surface area contributed by atoms with E-state index in [-0.39, 0.29) is 0 Å². The second-order valence-corrected chi connectivity index (χ2v) is 2.14. The van der Waals surface area contributed by atoms with E-state index in [9.17, 15) is 14.4 Å². The molecule has 0 fully saturated rings.